The summed E-state index contributed by atoms with van der Waals surface area (Å²) in [6, 6.07) is -0.548. The molecule has 0 amide bonds. The minimum Gasteiger partial charge on any atom is -0.462 e. The minimum atomic E-state index is -0.548. The summed E-state index contributed by atoms with van der Waals surface area (Å²) < 4.78 is 15.0. The van der Waals surface area contributed by atoms with E-state index in [-0.39, 0.29) is 18.5 Å². The van der Waals surface area contributed by atoms with E-state index in [1.165, 1.54) is 0 Å². The number of methoxy groups -OCH3 is 1. The fourth-order valence-corrected chi connectivity index (χ4v) is 0.977. The van der Waals surface area contributed by atoms with E-state index in [2.05, 4.69) is 0 Å². The zero-order chi connectivity index (χ0) is 12.4. The molecule has 0 fully saturated rings. The molecule has 0 rings (SSSR count). The third-order valence-electron chi connectivity index (χ3n) is 2.10. The lowest BCUT2D eigenvalue weighted by Crippen LogP contribution is -2.37. The van der Waals surface area contributed by atoms with E-state index in [1.54, 1.807) is 7.11 Å². The monoisotopic (exact) mass is 233 g/mol. The number of esters is 1. The first-order valence-electron chi connectivity index (χ1n) is 5.58. The number of carbonyl (C=O) groups excluding carboxylic acids is 1. The van der Waals surface area contributed by atoms with Crippen LogP contribution in [0.5, 0.6) is 0 Å². The predicted molar refractivity (Wildman–Crippen MR) is 61.1 cm³/mol. The van der Waals surface area contributed by atoms with Crippen LogP contribution in [0.3, 0.4) is 0 Å². The van der Waals surface area contributed by atoms with Gasteiger partial charge in [0.05, 0.1) is 6.61 Å². The molecular formula is C11H23NO4. The van der Waals surface area contributed by atoms with Crippen LogP contribution in [0.1, 0.15) is 20.3 Å². The summed E-state index contributed by atoms with van der Waals surface area (Å²) in [7, 11) is 1.65. The quantitative estimate of drug-likeness (QED) is 0.465. The molecule has 0 saturated carbocycles. The van der Waals surface area contributed by atoms with E-state index in [0.717, 1.165) is 6.42 Å². The SMILES string of the molecule is COCCCOCCOC(=O)C(N)C(C)C. The Kier molecular flexibility index (Phi) is 9.18. The Labute approximate surface area is 97.2 Å². The van der Waals surface area contributed by atoms with Crippen molar-refractivity contribution in [2.24, 2.45) is 11.7 Å². The van der Waals surface area contributed by atoms with Crippen LogP contribution in [-0.4, -0.2) is 45.5 Å². The van der Waals surface area contributed by atoms with Gasteiger partial charge in [-0.1, -0.05) is 13.8 Å². The molecule has 0 aliphatic carbocycles. The lowest BCUT2D eigenvalue weighted by Gasteiger charge is -2.14. The van der Waals surface area contributed by atoms with Crippen LogP contribution in [-0.2, 0) is 19.0 Å². The van der Waals surface area contributed by atoms with E-state index >= 15 is 0 Å². The van der Waals surface area contributed by atoms with E-state index in [9.17, 15) is 4.79 Å². The predicted octanol–water partition coefficient (Wildman–Crippen LogP) is 0.566. The largest absolute Gasteiger partial charge is 0.462 e. The number of rotatable bonds is 9. The normalized spacial score (nSPS) is 12.8. The molecule has 5 nitrogen and oxygen atoms in total. The average Bonchev–Trinajstić information content (AvgIpc) is 2.26. The molecule has 0 aromatic carbocycles. The number of hydrogen-bond acceptors (Lipinski definition) is 5. The highest BCUT2D eigenvalue weighted by atomic mass is 16.6. The van der Waals surface area contributed by atoms with Gasteiger partial charge in [0.2, 0.25) is 0 Å². The highest BCUT2D eigenvalue weighted by Gasteiger charge is 2.18. The van der Waals surface area contributed by atoms with Crippen LogP contribution in [0.25, 0.3) is 0 Å². The molecule has 2 N–H and O–H groups in total. The third-order valence-corrected chi connectivity index (χ3v) is 2.10. The second-order valence-electron chi connectivity index (χ2n) is 3.90. The molecule has 0 spiro atoms. The average molecular weight is 233 g/mol. The Balaban J connectivity index is 3.34. The van der Waals surface area contributed by atoms with Crippen molar-refractivity contribution in [2.45, 2.75) is 26.3 Å². The fourth-order valence-electron chi connectivity index (χ4n) is 0.977. The number of hydrogen-bond donors (Lipinski definition) is 1. The van der Waals surface area contributed by atoms with E-state index < -0.39 is 6.04 Å². The summed E-state index contributed by atoms with van der Waals surface area (Å²) in [4.78, 5) is 11.3. The van der Waals surface area contributed by atoms with Gasteiger partial charge in [-0.25, -0.2) is 0 Å². The zero-order valence-corrected chi connectivity index (χ0v) is 10.4. The van der Waals surface area contributed by atoms with Crippen LogP contribution in [0, 0.1) is 5.92 Å². The van der Waals surface area contributed by atoms with Crippen LogP contribution in [0.2, 0.25) is 0 Å². The topological polar surface area (TPSA) is 70.8 Å². The molecule has 0 aromatic rings. The van der Waals surface area contributed by atoms with Crippen molar-refractivity contribution in [3.8, 4) is 0 Å². The first kappa shape index (κ1) is 15.3. The highest BCUT2D eigenvalue weighted by Crippen LogP contribution is 2.00. The van der Waals surface area contributed by atoms with E-state index in [1.807, 2.05) is 13.8 Å². The molecule has 0 aliphatic heterocycles. The molecule has 1 unspecified atom stereocenters. The van der Waals surface area contributed by atoms with Gasteiger partial charge in [-0.05, 0) is 12.3 Å². The van der Waals surface area contributed by atoms with Gasteiger partial charge in [0, 0.05) is 20.3 Å². The smallest absolute Gasteiger partial charge is 0.323 e. The standard InChI is InChI=1S/C11H23NO4/c1-9(2)10(12)11(13)16-8-7-15-6-4-5-14-3/h9-10H,4-8,12H2,1-3H3. The van der Waals surface area contributed by atoms with Crippen molar-refractivity contribution in [3.05, 3.63) is 0 Å². The van der Waals surface area contributed by atoms with Gasteiger partial charge in [0.25, 0.3) is 0 Å². The van der Waals surface area contributed by atoms with Crippen LogP contribution in [0.4, 0.5) is 0 Å². The number of carbonyl (C=O) groups is 1. The lowest BCUT2D eigenvalue weighted by molar-refractivity contribution is -0.147. The van der Waals surface area contributed by atoms with Gasteiger partial charge in [0.15, 0.2) is 0 Å². The molecule has 0 radical (unpaired) electrons. The van der Waals surface area contributed by atoms with Crippen LogP contribution in [0.15, 0.2) is 0 Å². The fraction of sp³-hybridized carbons (Fsp3) is 0.909. The summed E-state index contributed by atoms with van der Waals surface area (Å²) in [5.41, 5.74) is 5.61. The molecule has 0 saturated heterocycles. The number of nitrogens with two attached hydrogens (primary N) is 1. The summed E-state index contributed by atoms with van der Waals surface area (Å²) in [5, 5.41) is 0. The second kappa shape index (κ2) is 9.57. The van der Waals surface area contributed by atoms with Gasteiger partial charge >= 0.3 is 5.97 Å². The molecular weight excluding hydrogens is 210 g/mol. The molecule has 0 bridgehead atoms. The Morgan fingerprint density at radius 3 is 2.44 bits per heavy atom. The maximum atomic E-state index is 11.3. The van der Waals surface area contributed by atoms with Gasteiger partial charge in [-0.2, -0.15) is 0 Å². The summed E-state index contributed by atoms with van der Waals surface area (Å²) in [5.74, 6) is -0.273. The molecule has 0 aromatic heterocycles. The lowest BCUT2D eigenvalue weighted by atomic mass is 10.1. The maximum Gasteiger partial charge on any atom is 0.323 e. The first-order chi connectivity index (χ1) is 7.59. The van der Waals surface area contributed by atoms with Crippen LogP contribution < -0.4 is 5.73 Å². The van der Waals surface area contributed by atoms with Crippen molar-refractivity contribution < 1.29 is 19.0 Å². The van der Waals surface area contributed by atoms with Crippen molar-refractivity contribution in [1.29, 1.82) is 0 Å². The molecule has 0 heterocycles. The molecule has 5 heteroatoms. The molecule has 16 heavy (non-hydrogen) atoms. The second-order valence-corrected chi connectivity index (χ2v) is 3.90. The molecule has 96 valence electrons. The first-order valence-corrected chi connectivity index (χ1v) is 5.58. The Morgan fingerprint density at radius 1 is 1.19 bits per heavy atom. The minimum absolute atomic E-state index is 0.0927. The van der Waals surface area contributed by atoms with Gasteiger partial charge in [-0.15, -0.1) is 0 Å². The zero-order valence-electron chi connectivity index (χ0n) is 10.4. The Hall–Kier alpha value is -0.650. The third kappa shape index (κ3) is 7.62. The Morgan fingerprint density at radius 2 is 1.88 bits per heavy atom. The summed E-state index contributed by atoms with van der Waals surface area (Å²) in [6.45, 7) is 5.71. The van der Waals surface area contributed by atoms with Gasteiger partial charge in [0.1, 0.15) is 12.6 Å². The van der Waals surface area contributed by atoms with E-state index in [4.69, 9.17) is 19.9 Å². The summed E-state index contributed by atoms with van der Waals surface area (Å²) in [6.07, 6.45) is 0.843. The maximum absolute atomic E-state index is 11.3. The van der Waals surface area contributed by atoms with Crippen molar-refractivity contribution in [3.63, 3.8) is 0 Å². The Bertz CT molecular complexity index is 185. The van der Waals surface area contributed by atoms with Crippen molar-refractivity contribution in [2.75, 3.05) is 33.5 Å². The van der Waals surface area contributed by atoms with Crippen LogP contribution >= 0.6 is 0 Å². The van der Waals surface area contributed by atoms with Gasteiger partial charge < -0.3 is 19.9 Å². The van der Waals surface area contributed by atoms with E-state index in [0.29, 0.717) is 19.8 Å². The molecule has 0 aliphatic rings. The highest BCUT2D eigenvalue weighted by molar-refractivity contribution is 5.75. The number of ether oxygens (including phenoxy) is 3. The molecule has 1 atom stereocenters. The summed E-state index contributed by atoms with van der Waals surface area (Å²) >= 11 is 0. The van der Waals surface area contributed by atoms with Gasteiger partial charge in [-0.3, -0.25) is 4.79 Å². The van der Waals surface area contributed by atoms with Crippen molar-refractivity contribution in [1.82, 2.24) is 0 Å². The van der Waals surface area contributed by atoms with Crippen molar-refractivity contribution >= 4 is 5.97 Å².